The Labute approximate surface area is 179 Å². The number of benzene rings is 1. The molecule has 2 aromatic heterocycles. The molecule has 30 heavy (non-hydrogen) atoms. The Hall–Kier alpha value is -2.90. The van der Waals surface area contributed by atoms with Gasteiger partial charge in [0.2, 0.25) is 5.43 Å². The first-order valence-corrected chi connectivity index (χ1v) is 10.3. The van der Waals surface area contributed by atoms with E-state index in [-0.39, 0.29) is 11.0 Å². The zero-order chi connectivity index (χ0) is 21.3. The van der Waals surface area contributed by atoms with Crippen LogP contribution in [-0.4, -0.2) is 41.8 Å². The molecule has 0 bridgehead atoms. The zero-order valence-electron chi connectivity index (χ0n) is 16.9. The second-order valence-electron chi connectivity index (χ2n) is 7.20. The van der Waals surface area contributed by atoms with Gasteiger partial charge in [-0.2, -0.15) is 0 Å². The van der Waals surface area contributed by atoms with E-state index in [4.69, 9.17) is 16.3 Å². The predicted molar refractivity (Wildman–Crippen MR) is 119 cm³/mol. The fourth-order valence-electron chi connectivity index (χ4n) is 3.61. The molecule has 8 heteroatoms. The smallest absolute Gasteiger partial charge is 0.261 e. The predicted octanol–water partition coefficient (Wildman–Crippen LogP) is 3.47. The summed E-state index contributed by atoms with van der Waals surface area (Å²) in [4.78, 5) is 32.4. The van der Waals surface area contributed by atoms with Crippen molar-refractivity contribution in [3.63, 3.8) is 0 Å². The third kappa shape index (κ3) is 3.91. The van der Waals surface area contributed by atoms with Crippen LogP contribution in [0.15, 0.2) is 41.3 Å². The van der Waals surface area contributed by atoms with Crippen molar-refractivity contribution in [2.45, 2.75) is 20.4 Å². The van der Waals surface area contributed by atoms with E-state index in [0.717, 1.165) is 24.5 Å². The van der Waals surface area contributed by atoms with Crippen LogP contribution in [-0.2, 0) is 11.3 Å². The molecule has 3 aromatic rings. The van der Waals surface area contributed by atoms with E-state index in [0.29, 0.717) is 41.5 Å². The molecule has 1 saturated heterocycles. The number of pyridine rings is 2. The molecular weight excluding hydrogens is 404 g/mol. The van der Waals surface area contributed by atoms with Gasteiger partial charge in [-0.3, -0.25) is 9.59 Å². The van der Waals surface area contributed by atoms with E-state index in [1.807, 2.05) is 24.5 Å². The Bertz CT molecular complexity index is 1170. The van der Waals surface area contributed by atoms with Crippen molar-refractivity contribution in [3.8, 4) is 0 Å². The number of aryl methyl sites for hydroxylation is 2. The van der Waals surface area contributed by atoms with Crippen LogP contribution in [0.2, 0.25) is 5.02 Å². The Kier molecular flexibility index (Phi) is 5.74. The van der Waals surface area contributed by atoms with Gasteiger partial charge in [0.25, 0.3) is 5.91 Å². The molecule has 1 aliphatic heterocycles. The maximum Gasteiger partial charge on any atom is 0.261 e. The lowest BCUT2D eigenvalue weighted by molar-refractivity contribution is 0.102. The second kappa shape index (κ2) is 8.45. The van der Waals surface area contributed by atoms with Crippen LogP contribution < -0.4 is 15.6 Å². The second-order valence-corrected chi connectivity index (χ2v) is 7.61. The van der Waals surface area contributed by atoms with Gasteiger partial charge in [0.1, 0.15) is 11.2 Å². The molecule has 156 valence electrons. The molecule has 0 saturated carbocycles. The molecule has 7 nitrogen and oxygen atoms in total. The lowest BCUT2D eigenvalue weighted by atomic mass is 10.1. The number of ether oxygens (including phenoxy) is 1. The number of carbonyl (C=O) groups is 1. The molecule has 1 N–H and O–H groups in total. The Morgan fingerprint density at radius 3 is 2.70 bits per heavy atom. The van der Waals surface area contributed by atoms with E-state index >= 15 is 0 Å². The van der Waals surface area contributed by atoms with Gasteiger partial charge in [0, 0.05) is 37.2 Å². The summed E-state index contributed by atoms with van der Waals surface area (Å²) in [5.41, 5.74) is 2.57. The fourth-order valence-corrected chi connectivity index (χ4v) is 3.91. The highest BCUT2D eigenvalue weighted by Crippen LogP contribution is 2.29. The number of nitrogens with one attached hydrogen (secondary N) is 1. The number of aromatic nitrogens is 2. The summed E-state index contributed by atoms with van der Waals surface area (Å²) >= 11 is 6.46. The van der Waals surface area contributed by atoms with E-state index in [2.05, 4.69) is 15.2 Å². The van der Waals surface area contributed by atoms with E-state index in [9.17, 15) is 9.59 Å². The van der Waals surface area contributed by atoms with E-state index < -0.39 is 5.91 Å². The van der Waals surface area contributed by atoms with Crippen molar-refractivity contribution in [3.05, 3.63) is 63.0 Å². The van der Waals surface area contributed by atoms with Gasteiger partial charge in [0.15, 0.2) is 0 Å². The molecule has 0 atom stereocenters. The molecule has 0 spiro atoms. The first-order valence-electron chi connectivity index (χ1n) is 9.92. The van der Waals surface area contributed by atoms with Crippen molar-refractivity contribution in [1.29, 1.82) is 0 Å². The summed E-state index contributed by atoms with van der Waals surface area (Å²) in [6, 6.07) is 8.86. The standard InChI is InChI=1S/C22H23ClN4O3/c1-3-26-13-17(20(28)16-6-4-14(2)24-21(16)26)22(29)25-15-5-7-19(18(23)12-15)27-8-10-30-11-9-27/h4-7,12-13H,3,8-11H2,1-2H3,(H,25,29). The van der Waals surface area contributed by atoms with Gasteiger partial charge < -0.3 is 19.5 Å². The van der Waals surface area contributed by atoms with Crippen molar-refractivity contribution >= 4 is 39.9 Å². The van der Waals surface area contributed by atoms with Gasteiger partial charge in [-0.1, -0.05) is 11.6 Å². The number of hydrogen-bond acceptors (Lipinski definition) is 5. The third-order valence-corrected chi connectivity index (χ3v) is 5.51. The number of morpholine rings is 1. The Morgan fingerprint density at radius 2 is 2.00 bits per heavy atom. The first-order chi connectivity index (χ1) is 14.5. The van der Waals surface area contributed by atoms with Crippen LogP contribution in [0.3, 0.4) is 0 Å². The average Bonchev–Trinajstić information content (AvgIpc) is 2.74. The molecule has 4 rings (SSSR count). The van der Waals surface area contributed by atoms with Gasteiger partial charge in [0.05, 0.1) is 29.3 Å². The van der Waals surface area contributed by atoms with Crippen molar-refractivity contribution in [2.75, 3.05) is 36.5 Å². The normalized spacial score (nSPS) is 14.2. The summed E-state index contributed by atoms with van der Waals surface area (Å²) in [6.45, 7) is 7.27. The molecule has 3 heterocycles. The van der Waals surface area contributed by atoms with E-state index in [1.165, 1.54) is 0 Å². The molecule has 1 aromatic carbocycles. The van der Waals surface area contributed by atoms with E-state index in [1.54, 1.807) is 30.5 Å². The minimum absolute atomic E-state index is 0.0726. The third-order valence-electron chi connectivity index (χ3n) is 5.20. The number of amides is 1. The van der Waals surface area contributed by atoms with Crippen LogP contribution in [0, 0.1) is 6.92 Å². The molecule has 0 aliphatic carbocycles. The summed E-state index contributed by atoms with van der Waals surface area (Å²) < 4.78 is 7.19. The fraction of sp³-hybridized carbons (Fsp3) is 0.318. The molecule has 0 radical (unpaired) electrons. The quantitative estimate of drug-likeness (QED) is 0.691. The summed E-state index contributed by atoms with van der Waals surface area (Å²) in [6.07, 6.45) is 1.57. The minimum Gasteiger partial charge on any atom is -0.378 e. The summed E-state index contributed by atoms with van der Waals surface area (Å²) in [5.74, 6) is -0.472. The largest absolute Gasteiger partial charge is 0.378 e. The SMILES string of the molecule is CCn1cc(C(=O)Nc2ccc(N3CCOCC3)c(Cl)c2)c(=O)c2ccc(C)nc21. The Balaban J connectivity index is 1.63. The highest BCUT2D eigenvalue weighted by Gasteiger charge is 2.18. The van der Waals surface area contributed by atoms with Crippen molar-refractivity contribution in [1.82, 2.24) is 9.55 Å². The summed E-state index contributed by atoms with van der Waals surface area (Å²) in [7, 11) is 0. The monoisotopic (exact) mass is 426 g/mol. The van der Waals surface area contributed by atoms with Crippen molar-refractivity contribution in [2.24, 2.45) is 0 Å². The highest BCUT2D eigenvalue weighted by atomic mass is 35.5. The van der Waals surface area contributed by atoms with Crippen molar-refractivity contribution < 1.29 is 9.53 Å². The van der Waals surface area contributed by atoms with Crippen LogP contribution >= 0.6 is 11.6 Å². The van der Waals surface area contributed by atoms with Crippen LogP contribution in [0.1, 0.15) is 23.0 Å². The molecule has 0 unspecified atom stereocenters. The number of rotatable bonds is 4. The number of anilines is 2. The van der Waals surface area contributed by atoms with Gasteiger partial charge >= 0.3 is 0 Å². The minimum atomic E-state index is -0.472. The van der Waals surface area contributed by atoms with Crippen LogP contribution in [0.5, 0.6) is 0 Å². The molecule has 1 fully saturated rings. The molecule has 1 amide bonds. The lowest BCUT2D eigenvalue weighted by Gasteiger charge is -2.29. The van der Waals surface area contributed by atoms with Crippen LogP contribution in [0.25, 0.3) is 11.0 Å². The molecular formula is C22H23ClN4O3. The lowest BCUT2D eigenvalue weighted by Crippen LogP contribution is -2.36. The number of carbonyl (C=O) groups excluding carboxylic acids is 1. The van der Waals surface area contributed by atoms with Gasteiger partial charge in [-0.25, -0.2) is 4.98 Å². The average molecular weight is 427 g/mol. The summed E-state index contributed by atoms with van der Waals surface area (Å²) in [5, 5.41) is 3.76. The molecule has 1 aliphatic rings. The number of halogens is 1. The van der Waals surface area contributed by atoms with Gasteiger partial charge in [-0.15, -0.1) is 0 Å². The zero-order valence-corrected chi connectivity index (χ0v) is 17.7. The first kappa shape index (κ1) is 20.4. The topological polar surface area (TPSA) is 76.5 Å². The Morgan fingerprint density at radius 1 is 1.23 bits per heavy atom. The maximum atomic E-state index is 12.9. The van der Waals surface area contributed by atoms with Crippen LogP contribution in [0.4, 0.5) is 11.4 Å². The number of nitrogens with zero attached hydrogens (tertiary/aromatic N) is 3. The number of hydrogen-bond donors (Lipinski definition) is 1. The van der Waals surface area contributed by atoms with Gasteiger partial charge in [-0.05, 0) is 44.2 Å². The highest BCUT2D eigenvalue weighted by molar-refractivity contribution is 6.33. The maximum absolute atomic E-state index is 12.9. The number of fused-ring (bicyclic) bond motifs is 1.